The van der Waals surface area contributed by atoms with Crippen molar-refractivity contribution in [1.29, 1.82) is 0 Å². The van der Waals surface area contributed by atoms with Crippen LogP contribution in [0.1, 0.15) is 31.7 Å². The maximum atomic E-state index is 12.9. The molecule has 1 aliphatic heterocycles. The van der Waals surface area contributed by atoms with Crippen LogP contribution in [-0.4, -0.2) is 41.6 Å². The number of primary amides is 1. The Labute approximate surface area is 143 Å². The van der Waals surface area contributed by atoms with Crippen molar-refractivity contribution >= 4 is 11.8 Å². The van der Waals surface area contributed by atoms with Gasteiger partial charge in [0, 0.05) is 24.2 Å². The minimum Gasteiger partial charge on any atom is -0.370 e. The van der Waals surface area contributed by atoms with E-state index in [-0.39, 0.29) is 19.3 Å². The van der Waals surface area contributed by atoms with Gasteiger partial charge in [0.15, 0.2) is 0 Å². The largest absolute Gasteiger partial charge is 0.471 e. The Morgan fingerprint density at radius 2 is 1.84 bits per heavy atom. The van der Waals surface area contributed by atoms with E-state index in [2.05, 4.69) is 15.6 Å². The minimum atomic E-state index is -5.01. The average Bonchev–Trinajstić information content (AvgIpc) is 2.55. The number of nitrogens with two attached hydrogens (primary N) is 1. The highest BCUT2D eigenvalue weighted by atomic mass is 19.4. The molecule has 9 heteroatoms. The van der Waals surface area contributed by atoms with Crippen LogP contribution < -0.4 is 16.4 Å². The molecule has 1 aromatic rings. The van der Waals surface area contributed by atoms with Gasteiger partial charge in [-0.15, -0.1) is 0 Å². The topological polar surface area (TPSA) is 97.1 Å². The minimum absolute atomic E-state index is 0.199. The number of alkyl halides is 3. The fraction of sp³-hybridized carbons (Fsp3) is 0.562. The van der Waals surface area contributed by atoms with Gasteiger partial charge in [-0.05, 0) is 43.6 Å². The van der Waals surface area contributed by atoms with Gasteiger partial charge in [-0.25, -0.2) is 0 Å². The maximum Gasteiger partial charge on any atom is 0.471 e. The van der Waals surface area contributed by atoms with Crippen molar-refractivity contribution in [2.24, 2.45) is 5.73 Å². The Hall–Kier alpha value is -2.16. The predicted molar refractivity (Wildman–Crippen MR) is 84.4 cm³/mol. The molecule has 2 amide bonds. The number of hydrogen-bond donors (Lipinski definition) is 3. The van der Waals surface area contributed by atoms with Gasteiger partial charge in [0.1, 0.15) is 0 Å². The normalized spacial score (nSPS) is 19.7. The smallest absolute Gasteiger partial charge is 0.370 e. The lowest BCUT2D eigenvalue weighted by Crippen LogP contribution is -2.67. The van der Waals surface area contributed by atoms with Gasteiger partial charge in [-0.2, -0.15) is 13.2 Å². The molecule has 0 aromatic carbocycles. The Balaban J connectivity index is 2.54. The summed E-state index contributed by atoms with van der Waals surface area (Å²) < 4.78 is 38.7. The molecular weight excluding hydrogens is 337 g/mol. The molecule has 1 unspecified atom stereocenters. The standard InChI is InChI=1S/C16H21F3N4O2/c1-14(10-12(20)24,11-2-6-21-7-3-11)15(4-8-22-9-5-15)23-13(25)16(17,18)19/h2-3,6-7,22H,4-5,8-10H2,1H3,(H2,20,24)(H,23,25). The predicted octanol–water partition coefficient (Wildman–Crippen LogP) is 1.02. The van der Waals surface area contributed by atoms with E-state index in [1.807, 2.05) is 0 Å². The van der Waals surface area contributed by atoms with Gasteiger partial charge in [-0.1, -0.05) is 6.92 Å². The van der Waals surface area contributed by atoms with Crippen molar-refractivity contribution in [1.82, 2.24) is 15.6 Å². The maximum absolute atomic E-state index is 12.9. The Morgan fingerprint density at radius 3 is 2.32 bits per heavy atom. The summed E-state index contributed by atoms with van der Waals surface area (Å²) >= 11 is 0. The summed E-state index contributed by atoms with van der Waals surface area (Å²) in [5.41, 5.74) is 3.63. The lowest BCUT2D eigenvalue weighted by Gasteiger charge is -2.51. The molecule has 2 rings (SSSR count). The number of amides is 2. The second-order valence-corrected chi connectivity index (χ2v) is 6.50. The first-order valence-corrected chi connectivity index (χ1v) is 7.90. The third-order valence-corrected chi connectivity index (χ3v) is 4.97. The summed E-state index contributed by atoms with van der Waals surface area (Å²) in [4.78, 5) is 27.3. The molecule has 0 saturated carbocycles. The highest BCUT2D eigenvalue weighted by Gasteiger charge is 2.54. The van der Waals surface area contributed by atoms with Crippen molar-refractivity contribution in [3.8, 4) is 0 Å². The molecule has 6 nitrogen and oxygen atoms in total. The molecular formula is C16H21F3N4O2. The van der Waals surface area contributed by atoms with E-state index in [1.165, 1.54) is 12.4 Å². The van der Waals surface area contributed by atoms with Crippen LogP contribution in [0.5, 0.6) is 0 Å². The Kier molecular flexibility index (Phi) is 5.36. The molecule has 1 fully saturated rings. The van der Waals surface area contributed by atoms with Gasteiger partial charge in [0.05, 0.1) is 5.54 Å². The highest BCUT2D eigenvalue weighted by Crippen LogP contribution is 2.44. The summed E-state index contributed by atoms with van der Waals surface area (Å²) in [7, 11) is 0. The lowest BCUT2D eigenvalue weighted by molar-refractivity contribution is -0.177. The molecule has 1 saturated heterocycles. The van der Waals surface area contributed by atoms with Crippen molar-refractivity contribution < 1.29 is 22.8 Å². The summed E-state index contributed by atoms with van der Waals surface area (Å²) in [5.74, 6) is -2.67. The molecule has 0 aliphatic carbocycles. The number of piperidine rings is 1. The number of aromatic nitrogens is 1. The van der Waals surface area contributed by atoms with E-state index < -0.39 is 28.9 Å². The van der Waals surface area contributed by atoms with Crippen LogP contribution in [-0.2, 0) is 15.0 Å². The number of carbonyl (C=O) groups is 2. The number of hydrogen-bond acceptors (Lipinski definition) is 4. The summed E-state index contributed by atoms with van der Waals surface area (Å²) in [6.07, 6.45) is -1.75. The Bertz CT molecular complexity index is 630. The first-order chi connectivity index (χ1) is 11.6. The molecule has 1 aliphatic rings. The summed E-state index contributed by atoms with van der Waals surface area (Å²) in [5, 5.41) is 5.25. The SMILES string of the molecule is CC(CC(N)=O)(c1ccncc1)C1(NC(=O)C(F)(F)F)CCNCC1. The summed E-state index contributed by atoms with van der Waals surface area (Å²) in [6, 6.07) is 3.26. The monoisotopic (exact) mass is 358 g/mol. The van der Waals surface area contributed by atoms with Crippen LogP contribution in [0.2, 0.25) is 0 Å². The molecule has 1 aromatic heterocycles. The summed E-state index contributed by atoms with van der Waals surface area (Å²) in [6.45, 7) is 2.49. The third-order valence-electron chi connectivity index (χ3n) is 4.97. The first kappa shape index (κ1) is 19.2. The van der Waals surface area contributed by atoms with Gasteiger partial charge in [0.2, 0.25) is 5.91 Å². The number of rotatable bonds is 5. The van der Waals surface area contributed by atoms with Crippen molar-refractivity contribution in [3.63, 3.8) is 0 Å². The van der Waals surface area contributed by atoms with Gasteiger partial charge in [0.25, 0.3) is 0 Å². The van der Waals surface area contributed by atoms with Crippen LogP contribution in [0.15, 0.2) is 24.5 Å². The van der Waals surface area contributed by atoms with Crippen molar-refractivity contribution in [2.75, 3.05) is 13.1 Å². The van der Waals surface area contributed by atoms with Crippen LogP contribution in [0.3, 0.4) is 0 Å². The van der Waals surface area contributed by atoms with Gasteiger partial charge < -0.3 is 16.4 Å². The molecule has 138 valence electrons. The number of halogens is 3. The van der Waals surface area contributed by atoms with E-state index in [0.717, 1.165) is 0 Å². The van der Waals surface area contributed by atoms with Crippen LogP contribution in [0.25, 0.3) is 0 Å². The van der Waals surface area contributed by atoms with E-state index in [0.29, 0.717) is 18.7 Å². The number of nitrogens with one attached hydrogen (secondary N) is 2. The second kappa shape index (κ2) is 6.99. The second-order valence-electron chi connectivity index (χ2n) is 6.50. The zero-order chi connectivity index (χ0) is 18.7. The highest BCUT2D eigenvalue weighted by molar-refractivity contribution is 5.83. The average molecular weight is 358 g/mol. The zero-order valence-corrected chi connectivity index (χ0v) is 13.8. The molecule has 0 radical (unpaired) electrons. The van der Waals surface area contributed by atoms with Gasteiger partial charge >= 0.3 is 12.1 Å². The number of carbonyl (C=O) groups excluding carboxylic acids is 2. The molecule has 2 heterocycles. The quantitative estimate of drug-likeness (QED) is 0.732. The van der Waals surface area contributed by atoms with E-state index in [4.69, 9.17) is 5.73 Å². The van der Waals surface area contributed by atoms with E-state index in [1.54, 1.807) is 19.1 Å². The molecule has 4 N–H and O–H groups in total. The zero-order valence-electron chi connectivity index (χ0n) is 13.8. The van der Waals surface area contributed by atoms with Crippen molar-refractivity contribution in [2.45, 2.75) is 43.3 Å². The van der Waals surface area contributed by atoms with E-state index in [9.17, 15) is 22.8 Å². The van der Waals surface area contributed by atoms with Crippen LogP contribution >= 0.6 is 0 Å². The van der Waals surface area contributed by atoms with E-state index >= 15 is 0 Å². The molecule has 25 heavy (non-hydrogen) atoms. The fourth-order valence-corrected chi connectivity index (χ4v) is 3.57. The van der Waals surface area contributed by atoms with Crippen LogP contribution in [0, 0.1) is 0 Å². The molecule has 0 spiro atoms. The number of nitrogens with zero attached hydrogens (tertiary/aromatic N) is 1. The van der Waals surface area contributed by atoms with Crippen LogP contribution in [0.4, 0.5) is 13.2 Å². The first-order valence-electron chi connectivity index (χ1n) is 7.90. The molecule has 0 bridgehead atoms. The number of pyridine rings is 1. The van der Waals surface area contributed by atoms with Crippen molar-refractivity contribution in [3.05, 3.63) is 30.1 Å². The third kappa shape index (κ3) is 3.92. The fourth-order valence-electron chi connectivity index (χ4n) is 3.57. The molecule has 1 atom stereocenters. The lowest BCUT2D eigenvalue weighted by atomic mass is 9.60. The Morgan fingerprint density at radius 1 is 1.28 bits per heavy atom. The van der Waals surface area contributed by atoms with Gasteiger partial charge in [-0.3, -0.25) is 14.6 Å².